The third-order valence-electron chi connectivity index (χ3n) is 3.12. The van der Waals surface area contributed by atoms with Crippen molar-refractivity contribution in [2.75, 3.05) is 7.05 Å². The highest BCUT2D eigenvalue weighted by Gasteiger charge is 2.36. The number of carbonyl (C=O) groups excluding carboxylic acids is 1. The molecule has 6 heteroatoms. The van der Waals surface area contributed by atoms with Crippen LogP contribution in [0, 0.1) is 0 Å². The summed E-state index contributed by atoms with van der Waals surface area (Å²) in [5, 5.41) is 3.40. The lowest BCUT2D eigenvalue weighted by Gasteiger charge is -2.30. The van der Waals surface area contributed by atoms with Gasteiger partial charge in [0.15, 0.2) is 0 Å². The second kappa shape index (κ2) is 8.60. The molecule has 0 aromatic heterocycles. The molecule has 0 saturated heterocycles. The molecule has 0 bridgehead atoms. The standard InChI is InChI=1S/C7H15IN2S.C5H10O2/c1-7(9-2)5-3-4-6(7)10-11-8;1-5(2,3)7-4-6/h6,9-10H,3-5H2,1-2H3;4H,1-3H3. The lowest BCUT2D eigenvalue weighted by Crippen LogP contribution is -2.51. The summed E-state index contributed by atoms with van der Waals surface area (Å²) < 4.78 is 7.98. The van der Waals surface area contributed by atoms with Crippen LogP contribution in [0.1, 0.15) is 47.0 Å². The minimum absolute atomic E-state index is 0.318. The molecule has 1 aliphatic rings. The second-order valence-corrected chi connectivity index (χ2v) is 7.34. The fourth-order valence-corrected chi connectivity index (χ4v) is 3.26. The molecule has 0 aromatic rings. The average Bonchev–Trinajstić information content (AvgIpc) is 2.61. The monoisotopic (exact) mass is 388 g/mol. The predicted molar refractivity (Wildman–Crippen MR) is 86.8 cm³/mol. The van der Waals surface area contributed by atoms with E-state index in [1.807, 2.05) is 20.8 Å². The first-order chi connectivity index (χ1) is 8.29. The van der Waals surface area contributed by atoms with Crippen molar-refractivity contribution in [3.8, 4) is 0 Å². The Labute approximate surface area is 127 Å². The molecule has 1 saturated carbocycles. The van der Waals surface area contributed by atoms with Crippen LogP contribution < -0.4 is 10.0 Å². The highest BCUT2D eigenvalue weighted by molar-refractivity contribution is 14.2. The molecule has 18 heavy (non-hydrogen) atoms. The second-order valence-electron chi connectivity index (χ2n) is 5.63. The quantitative estimate of drug-likeness (QED) is 0.441. The fraction of sp³-hybridized carbons (Fsp3) is 0.917. The van der Waals surface area contributed by atoms with Crippen LogP contribution in [-0.4, -0.2) is 30.7 Å². The Morgan fingerprint density at radius 1 is 1.50 bits per heavy atom. The minimum atomic E-state index is -0.318. The summed E-state index contributed by atoms with van der Waals surface area (Å²) in [6.07, 6.45) is 3.93. The number of halogens is 1. The van der Waals surface area contributed by atoms with Crippen molar-refractivity contribution < 1.29 is 9.53 Å². The smallest absolute Gasteiger partial charge is 0.293 e. The van der Waals surface area contributed by atoms with Gasteiger partial charge in [0.1, 0.15) is 5.60 Å². The third kappa shape index (κ3) is 7.16. The van der Waals surface area contributed by atoms with Gasteiger partial charge >= 0.3 is 0 Å². The van der Waals surface area contributed by atoms with Crippen LogP contribution in [0.25, 0.3) is 0 Å². The summed E-state index contributed by atoms with van der Waals surface area (Å²) in [5.41, 5.74) is -0.0000778. The number of hydrogen-bond donors (Lipinski definition) is 2. The van der Waals surface area contributed by atoms with Gasteiger partial charge in [0.25, 0.3) is 6.47 Å². The fourth-order valence-electron chi connectivity index (χ4n) is 1.85. The van der Waals surface area contributed by atoms with Gasteiger partial charge in [-0.1, -0.05) is 0 Å². The van der Waals surface area contributed by atoms with Crippen LogP contribution in [-0.2, 0) is 9.53 Å². The third-order valence-corrected chi connectivity index (χ3v) is 4.25. The summed E-state index contributed by atoms with van der Waals surface area (Å²) in [7, 11) is 3.75. The molecule has 2 unspecified atom stereocenters. The van der Waals surface area contributed by atoms with Gasteiger partial charge in [-0.3, -0.25) is 9.52 Å². The molecule has 1 rings (SSSR count). The van der Waals surface area contributed by atoms with E-state index >= 15 is 0 Å². The predicted octanol–water partition coefficient (Wildman–Crippen LogP) is 3.06. The molecule has 0 aliphatic heterocycles. The van der Waals surface area contributed by atoms with E-state index in [4.69, 9.17) is 0 Å². The zero-order valence-corrected chi connectivity index (χ0v) is 14.9. The van der Waals surface area contributed by atoms with E-state index in [0.29, 0.717) is 18.1 Å². The van der Waals surface area contributed by atoms with E-state index in [1.54, 1.807) is 9.12 Å². The Morgan fingerprint density at radius 2 is 2.11 bits per heavy atom. The highest BCUT2D eigenvalue weighted by atomic mass is 127. The first-order valence-electron chi connectivity index (χ1n) is 6.12. The van der Waals surface area contributed by atoms with Crippen LogP contribution in [0.4, 0.5) is 0 Å². The number of hydrogen-bond acceptors (Lipinski definition) is 5. The van der Waals surface area contributed by atoms with Crippen molar-refractivity contribution >= 4 is 36.8 Å². The van der Waals surface area contributed by atoms with Gasteiger partial charge in [-0.25, -0.2) is 0 Å². The lowest BCUT2D eigenvalue weighted by atomic mass is 9.97. The number of likely N-dealkylation sites (N-methyl/N-ethyl adjacent to an activating group) is 1. The van der Waals surface area contributed by atoms with E-state index in [-0.39, 0.29) is 5.60 Å². The number of carbonyl (C=O) groups is 1. The normalized spacial score (nSPS) is 27.3. The molecule has 2 N–H and O–H groups in total. The van der Waals surface area contributed by atoms with Crippen LogP contribution in [0.2, 0.25) is 0 Å². The van der Waals surface area contributed by atoms with E-state index in [0.717, 1.165) is 0 Å². The summed E-state index contributed by atoms with van der Waals surface area (Å²) in [4.78, 5) is 9.60. The van der Waals surface area contributed by atoms with Crippen molar-refractivity contribution in [2.45, 2.75) is 64.1 Å². The van der Waals surface area contributed by atoms with Crippen molar-refractivity contribution in [2.24, 2.45) is 0 Å². The van der Waals surface area contributed by atoms with Crippen molar-refractivity contribution in [3.63, 3.8) is 0 Å². The maximum atomic E-state index is 9.60. The van der Waals surface area contributed by atoms with Gasteiger partial charge in [-0.05, 0) is 63.1 Å². The van der Waals surface area contributed by atoms with Crippen molar-refractivity contribution in [1.29, 1.82) is 0 Å². The Kier molecular flexibility index (Phi) is 8.83. The SMILES string of the molecule is CC(C)(C)OC=O.CNC1(C)CCCC1NSI. The number of ether oxygens (including phenoxy) is 1. The number of nitrogens with one attached hydrogen (secondary N) is 2. The van der Waals surface area contributed by atoms with E-state index in [1.165, 1.54) is 19.3 Å². The van der Waals surface area contributed by atoms with E-state index in [2.05, 4.69) is 50.0 Å². The van der Waals surface area contributed by atoms with Gasteiger partial charge in [0.2, 0.25) is 0 Å². The van der Waals surface area contributed by atoms with Crippen LogP contribution in [0.3, 0.4) is 0 Å². The van der Waals surface area contributed by atoms with Gasteiger partial charge < -0.3 is 10.1 Å². The topological polar surface area (TPSA) is 50.4 Å². The molecule has 0 heterocycles. The molecular weight excluding hydrogens is 363 g/mol. The van der Waals surface area contributed by atoms with Gasteiger partial charge in [-0.2, -0.15) is 0 Å². The lowest BCUT2D eigenvalue weighted by molar-refractivity contribution is -0.138. The maximum absolute atomic E-state index is 9.60. The summed E-state index contributed by atoms with van der Waals surface area (Å²) in [6.45, 7) is 8.22. The molecule has 1 aliphatic carbocycles. The number of rotatable bonds is 4. The molecular formula is C12H25IN2O2S. The highest BCUT2D eigenvalue weighted by Crippen LogP contribution is 2.31. The van der Waals surface area contributed by atoms with Gasteiger partial charge in [0, 0.05) is 32.8 Å². The summed E-state index contributed by atoms with van der Waals surface area (Å²) in [6, 6.07) is 0.634. The maximum Gasteiger partial charge on any atom is 0.293 e. The molecule has 0 radical (unpaired) electrons. The van der Waals surface area contributed by atoms with Crippen molar-refractivity contribution in [1.82, 2.24) is 10.0 Å². The first kappa shape index (κ1) is 18.5. The van der Waals surface area contributed by atoms with E-state index in [9.17, 15) is 4.79 Å². The molecule has 108 valence electrons. The average molecular weight is 388 g/mol. The van der Waals surface area contributed by atoms with Crippen LogP contribution >= 0.6 is 30.3 Å². The summed E-state index contributed by atoms with van der Waals surface area (Å²) in [5.74, 6) is 0. The van der Waals surface area contributed by atoms with Crippen LogP contribution in [0.15, 0.2) is 0 Å². The van der Waals surface area contributed by atoms with Crippen molar-refractivity contribution in [3.05, 3.63) is 0 Å². The largest absolute Gasteiger partial charge is 0.462 e. The zero-order valence-electron chi connectivity index (χ0n) is 11.9. The van der Waals surface area contributed by atoms with Crippen LogP contribution in [0.5, 0.6) is 0 Å². The molecule has 0 amide bonds. The molecule has 1 fully saturated rings. The Bertz CT molecular complexity index is 249. The molecule has 2 atom stereocenters. The Morgan fingerprint density at radius 3 is 2.44 bits per heavy atom. The summed E-state index contributed by atoms with van der Waals surface area (Å²) >= 11 is 2.29. The Balaban J connectivity index is 0.000000360. The molecule has 4 nitrogen and oxygen atoms in total. The van der Waals surface area contributed by atoms with Gasteiger partial charge in [-0.15, -0.1) is 0 Å². The van der Waals surface area contributed by atoms with Gasteiger partial charge in [0.05, 0.1) is 0 Å². The molecule has 0 aromatic carbocycles. The molecule has 0 spiro atoms. The zero-order chi connectivity index (χ0) is 14.2. The first-order valence-corrected chi connectivity index (χ1v) is 9.48. The minimum Gasteiger partial charge on any atom is -0.462 e. The Hall–Kier alpha value is 0.470. The van der Waals surface area contributed by atoms with E-state index < -0.39 is 0 Å².